The highest BCUT2D eigenvalue weighted by atomic mass is 32.1. The van der Waals surface area contributed by atoms with E-state index >= 15 is 0 Å². The van der Waals surface area contributed by atoms with Crippen LogP contribution in [-0.4, -0.2) is 41.9 Å². The van der Waals surface area contributed by atoms with E-state index in [-0.39, 0.29) is 17.0 Å². The molecule has 0 aliphatic rings. The number of rotatable bonds is 6. The number of thiophene rings is 1. The number of nitrogens with zero attached hydrogens (tertiary/aromatic N) is 1. The molecule has 9 heteroatoms. The van der Waals surface area contributed by atoms with Crippen LogP contribution in [0.25, 0.3) is 0 Å². The highest BCUT2D eigenvalue weighted by Gasteiger charge is 2.22. The molecule has 0 atom stereocenters. The Morgan fingerprint density at radius 3 is 2.41 bits per heavy atom. The van der Waals surface area contributed by atoms with Crippen molar-refractivity contribution in [3.05, 3.63) is 39.5 Å². The monoisotopic (exact) mass is 392 g/mol. The van der Waals surface area contributed by atoms with Gasteiger partial charge in [0.15, 0.2) is 12.4 Å². The third-order valence-electron chi connectivity index (χ3n) is 3.98. The van der Waals surface area contributed by atoms with E-state index in [9.17, 15) is 19.2 Å². The Labute approximate surface area is 160 Å². The molecule has 0 unspecified atom stereocenters. The van der Waals surface area contributed by atoms with Gasteiger partial charge in [-0.15, -0.1) is 11.3 Å². The van der Waals surface area contributed by atoms with Crippen LogP contribution in [0.3, 0.4) is 0 Å². The van der Waals surface area contributed by atoms with E-state index in [1.54, 1.807) is 14.0 Å². The lowest BCUT2D eigenvalue weighted by molar-refractivity contribution is -0.119. The van der Waals surface area contributed by atoms with Gasteiger partial charge in [-0.25, -0.2) is 9.59 Å². The summed E-state index contributed by atoms with van der Waals surface area (Å²) in [6, 6.07) is 1.41. The predicted octanol–water partition coefficient (Wildman–Crippen LogP) is 2.49. The number of ether oxygens (including phenoxy) is 2. The third kappa shape index (κ3) is 4.43. The number of hydrogen-bond acceptors (Lipinski definition) is 7. The minimum Gasteiger partial charge on any atom is -0.465 e. The van der Waals surface area contributed by atoms with Gasteiger partial charge in [-0.2, -0.15) is 0 Å². The lowest BCUT2D eigenvalue weighted by atomic mass is 10.1. The van der Waals surface area contributed by atoms with E-state index in [0.29, 0.717) is 10.6 Å². The van der Waals surface area contributed by atoms with E-state index < -0.39 is 24.5 Å². The van der Waals surface area contributed by atoms with Gasteiger partial charge in [0.1, 0.15) is 10.7 Å². The number of aromatic nitrogens is 1. The van der Waals surface area contributed by atoms with Gasteiger partial charge in [0.05, 0.1) is 12.7 Å². The van der Waals surface area contributed by atoms with Crippen molar-refractivity contribution >= 4 is 40.0 Å². The Bertz CT molecular complexity index is 925. The number of hydrogen-bond donors (Lipinski definition) is 1. The average Bonchev–Trinajstić information content (AvgIpc) is 3.13. The molecule has 2 rings (SSSR count). The minimum atomic E-state index is -0.730. The Morgan fingerprint density at radius 2 is 1.85 bits per heavy atom. The summed E-state index contributed by atoms with van der Waals surface area (Å²) in [7, 11) is 2.86. The number of aryl methyl sites for hydroxylation is 2. The van der Waals surface area contributed by atoms with Gasteiger partial charge < -0.3 is 19.4 Å². The van der Waals surface area contributed by atoms with Gasteiger partial charge in [0.2, 0.25) is 0 Å². The zero-order chi connectivity index (χ0) is 20.3. The van der Waals surface area contributed by atoms with Crippen molar-refractivity contribution < 1.29 is 28.7 Å². The first-order valence-corrected chi connectivity index (χ1v) is 8.80. The number of carbonyl (C=O) groups excluding carboxylic acids is 4. The quantitative estimate of drug-likeness (QED) is 0.598. The molecule has 2 heterocycles. The fourth-order valence-corrected chi connectivity index (χ4v) is 3.46. The predicted molar refractivity (Wildman–Crippen MR) is 99.5 cm³/mol. The lowest BCUT2D eigenvalue weighted by Gasteiger charge is -2.07. The summed E-state index contributed by atoms with van der Waals surface area (Å²) >= 11 is 1.24. The third-order valence-corrected chi connectivity index (χ3v) is 5.11. The Balaban J connectivity index is 2.05. The molecule has 0 saturated carbocycles. The second-order valence-corrected chi connectivity index (χ2v) is 7.11. The van der Waals surface area contributed by atoms with Gasteiger partial charge >= 0.3 is 11.9 Å². The van der Waals surface area contributed by atoms with Crippen LogP contribution in [0.2, 0.25) is 0 Å². The number of nitrogens with one attached hydrogen (secondary N) is 1. The molecule has 0 aliphatic heterocycles. The minimum absolute atomic E-state index is 0.158. The molecule has 144 valence electrons. The van der Waals surface area contributed by atoms with E-state index in [2.05, 4.69) is 5.32 Å². The first kappa shape index (κ1) is 20.4. The van der Waals surface area contributed by atoms with Crippen LogP contribution in [0, 0.1) is 13.8 Å². The zero-order valence-corrected chi connectivity index (χ0v) is 16.5. The number of anilines is 1. The first-order valence-electron chi connectivity index (χ1n) is 7.98. The van der Waals surface area contributed by atoms with Crippen molar-refractivity contribution in [3.63, 3.8) is 0 Å². The van der Waals surface area contributed by atoms with Crippen molar-refractivity contribution in [2.45, 2.75) is 20.8 Å². The molecule has 1 amide bonds. The summed E-state index contributed by atoms with van der Waals surface area (Å²) in [6.45, 7) is 4.44. The van der Waals surface area contributed by atoms with E-state index in [0.717, 1.165) is 10.4 Å². The molecule has 0 spiro atoms. The maximum Gasteiger partial charge on any atom is 0.355 e. The first-order chi connectivity index (χ1) is 12.6. The highest BCUT2D eigenvalue weighted by Crippen LogP contribution is 2.32. The van der Waals surface area contributed by atoms with E-state index in [1.807, 2.05) is 6.92 Å². The molecule has 0 aliphatic carbocycles. The molecule has 0 aromatic carbocycles. The molecule has 8 nitrogen and oxygen atoms in total. The highest BCUT2D eigenvalue weighted by molar-refractivity contribution is 7.16. The summed E-state index contributed by atoms with van der Waals surface area (Å²) in [4.78, 5) is 48.4. The number of carbonyl (C=O) groups is 4. The number of Topliss-reactive ketones (excluding diaryl/α,β-unsaturated/α-hetero) is 1. The topological polar surface area (TPSA) is 104 Å². The molecule has 27 heavy (non-hydrogen) atoms. The second kappa shape index (κ2) is 8.17. The molecule has 0 bridgehead atoms. The van der Waals surface area contributed by atoms with Gasteiger partial charge in [0, 0.05) is 23.7 Å². The largest absolute Gasteiger partial charge is 0.465 e. The SMILES string of the molecule is COC(=O)c1c(NC(=O)COC(=O)c2cc(C(C)=O)cn2C)sc(C)c1C. The number of esters is 2. The maximum absolute atomic E-state index is 12.1. The van der Waals surface area contributed by atoms with Gasteiger partial charge in [-0.05, 0) is 32.4 Å². The smallest absolute Gasteiger partial charge is 0.355 e. The lowest BCUT2D eigenvalue weighted by Crippen LogP contribution is -2.22. The zero-order valence-electron chi connectivity index (χ0n) is 15.7. The van der Waals surface area contributed by atoms with Crippen LogP contribution in [-0.2, 0) is 21.3 Å². The van der Waals surface area contributed by atoms with Crippen molar-refractivity contribution in [2.24, 2.45) is 7.05 Å². The average molecular weight is 392 g/mol. The van der Waals surface area contributed by atoms with Crippen molar-refractivity contribution in [1.82, 2.24) is 4.57 Å². The molecular formula is C18H20N2O6S. The van der Waals surface area contributed by atoms with Crippen molar-refractivity contribution in [2.75, 3.05) is 19.0 Å². The number of amides is 1. The molecule has 0 saturated heterocycles. The summed E-state index contributed by atoms with van der Waals surface area (Å²) < 4.78 is 11.2. The van der Waals surface area contributed by atoms with Crippen LogP contribution in [0.15, 0.2) is 12.3 Å². The van der Waals surface area contributed by atoms with Gasteiger partial charge in [-0.1, -0.05) is 0 Å². The Hall–Kier alpha value is -2.94. The van der Waals surface area contributed by atoms with Gasteiger partial charge in [0.25, 0.3) is 5.91 Å². The van der Waals surface area contributed by atoms with Crippen LogP contribution >= 0.6 is 11.3 Å². The standard InChI is InChI=1S/C18H20N2O6S/c1-9-11(3)27-16(15(9)18(24)25-5)19-14(22)8-26-17(23)13-6-12(10(2)21)7-20(13)4/h6-7H,8H2,1-5H3,(H,19,22). The van der Waals surface area contributed by atoms with Crippen LogP contribution < -0.4 is 5.32 Å². The number of methoxy groups -OCH3 is 1. The molecule has 1 N–H and O–H groups in total. The molecule has 2 aromatic rings. The van der Waals surface area contributed by atoms with Gasteiger partial charge in [-0.3, -0.25) is 9.59 Å². The molecule has 2 aromatic heterocycles. The van der Waals surface area contributed by atoms with Crippen molar-refractivity contribution in [1.29, 1.82) is 0 Å². The van der Waals surface area contributed by atoms with Crippen LogP contribution in [0.1, 0.15) is 48.6 Å². The second-order valence-electron chi connectivity index (χ2n) is 5.88. The molecule has 0 radical (unpaired) electrons. The van der Waals surface area contributed by atoms with Crippen molar-refractivity contribution in [3.8, 4) is 0 Å². The van der Waals surface area contributed by atoms with Crippen LogP contribution in [0.5, 0.6) is 0 Å². The normalized spacial score (nSPS) is 10.4. The maximum atomic E-state index is 12.1. The Kier molecular flexibility index (Phi) is 6.17. The molecule has 0 fully saturated rings. The summed E-state index contributed by atoms with van der Waals surface area (Å²) in [5.41, 5.74) is 1.54. The summed E-state index contributed by atoms with van der Waals surface area (Å²) in [5, 5.41) is 2.92. The Morgan fingerprint density at radius 1 is 1.19 bits per heavy atom. The fraction of sp³-hybridized carbons (Fsp3) is 0.333. The summed E-state index contributed by atoms with van der Waals surface area (Å²) in [6.07, 6.45) is 1.51. The van der Waals surface area contributed by atoms with E-state index in [4.69, 9.17) is 9.47 Å². The molecular weight excluding hydrogens is 372 g/mol. The fourth-order valence-electron chi connectivity index (χ4n) is 2.39. The van der Waals surface area contributed by atoms with E-state index in [1.165, 1.54) is 42.2 Å². The van der Waals surface area contributed by atoms with Crippen LogP contribution in [0.4, 0.5) is 5.00 Å². The number of ketones is 1. The summed E-state index contributed by atoms with van der Waals surface area (Å²) in [5.74, 6) is -2.05.